The first kappa shape index (κ1) is 13.9. The fraction of sp³-hybridized carbons (Fsp3) is 0.533. The Morgan fingerprint density at radius 1 is 1.37 bits per heavy atom. The van der Waals surface area contributed by atoms with Gasteiger partial charge < -0.3 is 15.5 Å². The monoisotopic (exact) mass is 261 g/mol. The molecule has 0 aliphatic carbocycles. The van der Waals surface area contributed by atoms with E-state index in [1.54, 1.807) is 0 Å². The van der Waals surface area contributed by atoms with E-state index < -0.39 is 0 Å². The molecule has 1 aliphatic heterocycles. The first-order valence-corrected chi connectivity index (χ1v) is 6.91. The Labute approximate surface area is 115 Å². The standard InChI is InChI=1S/C15H23N3O/c1-4-15(10-5-11-16-15)14(19)17-12-6-8-13(9-7-12)18(2)3/h6-9,16H,4-5,10-11H2,1-3H3,(H,17,19). The molecule has 1 heterocycles. The van der Waals surface area contributed by atoms with Crippen molar-refractivity contribution < 1.29 is 4.79 Å². The van der Waals surface area contributed by atoms with Gasteiger partial charge in [-0.05, 0) is 50.1 Å². The second-order valence-electron chi connectivity index (χ2n) is 5.36. The van der Waals surface area contributed by atoms with Gasteiger partial charge in [0.05, 0.1) is 5.54 Å². The van der Waals surface area contributed by atoms with E-state index >= 15 is 0 Å². The van der Waals surface area contributed by atoms with Crippen molar-refractivity contribution in [2.75, 3.05) is 30.9 Å². The van der Waals surface area contributed by atoms with E-state index in [1.807, 2.05) is 43.3 Å². The third kappa shape index (κ3) is 2.89. The molecular weight excluding hydrogens is 238 g/mol. The number of carbonyl (C=O) groups excluding carboxylic acids is 1. The van der Waals surface area contributed by atoms with Crippen LogP contribution in [0.25, 0.3) is 0 Å². The van der Waals surface area contributed by atoms with Crippen molar-refractivity contribution in [1.82, 2.24) is 5.32 Å². The van der Waals surface area contributed by atoms with Gasteiger partial charge in [0, 0.05) is 25.5 Å². The van der Waals surface area contributed by atoms with Crippen molar-refractivity contribution in [2.24, 2.45) is 0 Å². The molecule has 0 spiro atoms. The first-order chi connectivity index (χ1) is 9.07. The molecule has 1 aliphatic rings. The van der Waals surface area contributed by atoms with E-state index in [0.717, 1.165) is 37.2 Å². The highest BCUT2D eigenvalue weighted by Crippen LogP contribution is 2.25. The summed E-state index contributed by atoms with van der Waals surface area (Å²) in [5.41, 5.74) is 1.61. The number of benzene rings is 1. The van der Waals surface area contributed by atoms with Gasteiger partial charge in [-0.3, -0.25) is 4.79 Å². The maximum absolute atomic E-state index is 12.4. The highest BCUT2D eigenvalue weighted by molar-refractivity contribution is 5.98. The Balaban J connectivity index is 2.06. The van der Waals surface area contributed by atoms with E-state index in [4.69, 9.17) is 0 Å². The van der Waals surface area contributed by atoms with Gasteiger partial charge in [-0.15, -0.1) is 0 Å². The predicted octanol–water partition coefficient (Wildman–Crippen LogP) is 2.22. The summed E-state index contributed by atoms with van der Waals surface area (Å²) in [6.45, 7) is 2.99. The number of anilines is 2. The van der Waals surface area contributed by atoms with Gasteiger partial charge in [0.1, 0.15) is 0 Å². The summed E-state index contributed by atoms with van der Waals surface area (Å²) < 4.78 is 0. The second-order valence-corrected chi connectivity index (χ2v) is 5.36. The van der Waals surface area contributed by atoms with E-state index in [-0.39, 0.29) is 11.4 Å². The third-order valence-electron chi connectivity index (χ3n) is 3.92. The zero-order valence-corrected chi connectivity index (χ0v) is 12.0. The van der Waals surface area contributed by atoms with Crippen molar-refractivity contribution in [3.63, 3.8) is 0 Å². The molecule has 19 heavy (non-hydrogen) atoms. The van der Waals surface area contributed by atoms with Crippen molar-refractivity contribution in [2.45, 2.75) is 31.7 Å². The van der Waals surface area contributed by atoms with Crippen LogP contribution in [0.4, 0.5) is 11.4 Å². The Hall–Kier alpha value is -1.55. The van der Waals surface area contributed by atoms with Gasteiger partial charge >= 0.3 is 0 Å². The molecule has 2 N–H and O–H groups in total. The van der Waals surface area contributed by atoms with Crippen LogP contribution >= 0.6 is 0 Å². The largest absolute Gasteiger partial charge is 0.378 e. The number of nitrogens with zero attached hydrogens (tertiary/aromatic N) is 1. The topological polar surface area (TPSA) is 44.4 Å². The lowest BCUT2D eigenvalue weighted by atomic mass is 9.93. The number of nitrogens with one attached hydrogen (secondary N) is 2. The maximum atomic E-state index is 12.4. The van der Waals surface area contributed by atoms with Crippen LogP contribution < -0.4 is 15.5 Å². The zero-order chi connectivity index (χ0) is 13.9. The van der Waals surface area contributed by atoms with Crippen LogP contribution in [-0.4, -0.2) is 32.1 Å². The minimum Gasteiger partial charge on any atom is -0.378 e. The zero-order valence-electron chi connectivity index (χ0n) is 12.0. The maximum Gasteiger partial charge on any atom is 0.244 e. The summed E-state index contributed by atoms with van der Waals surface area (Å²) in [5, 5.41) is 6.37. The van der Waals surface area contributed by atoms with E-state index in [2.05, 4.69) is 17.6 Å². The Bertz CT molecular complexity index is 433. The van der Waals surface area contributed by atoms with E-state index in [0.29, 0.717) is 0 Å². The Morgan fingerprint density at radius 2 is 2.05 bits per heavy atom. The van der Waals surface area contributed by atoms with Crippen LogP contribution in [0.15, 0.2) is 24.3 Å². The van der Waals surface area contributed by atoms with Crippen LogP contribution in [0.2, 0.25) is 0 Å². The molecule has 0 saturated carbocycles. The van der Waals surface area contributed by atoms with Crippen LogP contribution in [0.3, 0.4) is 0 Å². The van der Waals surface area contributed by atoms with Crippen molar-refractivity contribution in [1.29, 1.82) is 0 Å². The summed E-state index contributed by atoms with van der Waals surface area (Å²) >= 11 is 0. The van der Waals surface area contributed by atoms with Gasteiger partial charge in [-0.1, -0.05) is 6.92 Å². The molecule has 0 aromatic heterocycles. The van der Waals surface area contributed by atoms with Gasteiger partial charge in [-0.25, -0.2) is 0 Å². The summed E-state index contributed by atoms with van der Waals surface area (Å²) in [7, 11) is 4.00. The molecule has 1 saturated heterocycles. The molecule has 1 fully saturated rings. The van der Waals surface area contributed by atoms with Crippen molar-refractivity contribution >= 4 is 17.3 Å². The highest BCUT2D eigenvalue weighted by atomic mass is 16.2. The van der Waals surface area contributed by atoms with Crippen LogP contribution in [0.1, 0.15) is 26.2 Å². The molecule has 0 bridgehead atoms. The second kappa shape index (κ2) is 5.61. The third-order valence-corrected chi connectivity index (χ3v) is 3.92. The van der Waals surface area contributed by atoms with Crippen molar-refractivity contribution in [3.05, 3.63) is 24.3 Å². The molecule has 1 amide bonds. The van der Waals surface area contributed by atoms with Gasteiger partial charge in [0.15, 0.2) is 0 Å². The van der Waals surface area contributed by atoms with Gasteiger partial charge in [-0.2, -0.15) is 0 Å². The molecule has 0 radical (unpaired) electrons. The molecule has 1 aromatic rings. The number of hydrogen-bond acceptors (Lipinski definition) is 3. The van der Waals surface area contributed by atoms with E-state index in [1.165, 1.54) is 0 Å². The van der Waals surface area contributed by atoms with Crippen LogP contribution in [-0.2, 0) is 4.79 Å². The van der Waals surface area contributed by atoms with Crippen LogP contribution in [0.5, 0.6) is 0 Å². The normalized spacial score (nSPS) is 22.3. The summed E-state index contributed by atoms with van der Waals surface area (Å²) in [5.74, 6) is 0.0881. The number of carbonyl (C=O) groups is 1. The summed E-state index contributed by atoms with van der Waals surface area (Å²) in [6, 6.07) is 7.92. The molecule has 1 unspecified atom stereocenters. The lowest BCUT2D eigenvalue weighted by Gasteiger charge is -2.26. The average Bonchev–Trinajstić information content (AvgIpc) is 2.89. The predicted molar refractivity (Wildman–Crippen MR) is 79.7 cm³/mol. The lowest BCUT2D eigenvalue weighted by molar-refractivity contribution is -0.122. The molecule has 104 valence electrons. The molecule has 2 rings (SSSR count). The van der Waals surface area contributed by atoms with Gasteiger partial charge in [0.25, 0.3) is 0 Å². The average molecular weight is 261 g/mol. The molecule has 4 nitrogen and oxygen atoms in total. The van der Waals surface area contributed by atoms with Crippen LogP contribution in [0, 0.1) is 0 Å². The molecule has 1 atom stereocenters. The van der Waals surface area contributed by atoms with Crippen molar-refractivity contribution in [3.8, 4) is 0 Å². The molecular formula is C15H23N3O. The summed E-state index contributed by atoms with van der Waals surface area (Å²) in [6.07, 6.45) is 2.82. The lowest BCUT2D eigenvalue weighted by Crippen LogP contribution is -2.50. The molecule has 1 aromatic carbocycles. The SMILES string of the molecule is CCC1(C(=O)Nc2ccc(N(C)C)cc2)CCCN1. The minimum absolute atomic E-state index is 0.0881. The quantitative estimate of drug-likeness (QED) is 0.873. The number of amides is 1. The smallest absolute Gasteiger partial charge is 0.244 e. The van der Waals surface area contributed by atoms with Gasteiger partial charge in [0.2, 0.25) is 5.91 Å². The number of rotatable bonds is 4. The molecule has 4 heteroatoms. The van der Waals surface area contributed by atoms with E-state index in [9.17, 15) is 4.79 Å². The highest BCUT2D eigenvalue weighted by Gasteiger charge is 2.38. The first-order valence-electron chi connectivity index (χ1n) is 6.91. The summed E-state index contributed by atoms with van der Waals surface area (Å²) in [4.78, 5) is 14.4. The number of hydrogen-bond donors (Lipinski definition) is 2. The fourth-order valence-electron chi connectivity index (χ4n) is 2.56. The fourth-order valence-corrected chi connectivity index (χ4v) is 2.56. The minimum atomic E-state index is -0.375. The Kier molecular flexibility index (Phi) is 4.10. The Morgan fingerprint density at radius 3 is 2.53 bits per heavy atom.